The van der Waals surface area contributed by atoms with Gasteiger partial charge in [0.25, 0.3) is 0 Å². The molecule has 0 aliphatic heterocycles. The molecular formula is C18H30O2Si. The first kappa shape index (κ1) is 18.0. The quantitative estimate of drug-likeness (QED) is 0.506. The molecule has 1 aromatic carbocycles. The largest absolute Gasteiger partial charge is 0.490 e. The summed E-state index contributed by atoms with van der Waals surface area (Å²) < 4.78 is 11.9. The van der Waals surface area contributed by atoms with E-state index in [1.165, 1.54) is 11.1 Å². The Morgan fingerprint density at radius 3 is 2.14 bits per heavy atom. The molecule has 0 saturated heterocycles. The highest BCUT2D eigenvalue weighted by atomic mass is 28.4. The van der Waals surface area contributed by atoms with E-state index in [-0.39, 0.29) is 5.04 Å². The number of hydrogen-bond acceptors (Lipinski definition) is 2. The molecule has 0 atom stereocenters. The van der Waals surface area contributed by atoms with Crippen LogP contribution in [0.1, 0.15) is 40.2 Å². The van der Waals surface area contributed by atoms with Crippen molar-refractivity contribution in [3.63, 3.8) is 0 Å². The van der Waals surface area contributed by atoms with Gasteiger partial charge in [0.1, 0.15) is 12.4 Å². The number of hydrogen-bond donors (Lipinski definition) is 0. The SMILES string of the molecule is CC(C)=CCOc1ccc(CO[Si](C)(C)C(C)(C)C)cc1. The molecule has 3 heteroatoms. The summed E-state index contributed by atoms with van der Waals surface area (Å²) in [6.07, 6.45) is 2.08. The lowest BCUT2D eigenvalue weighted by Crippen LogP contribution is -2.40. The van der Waals surface area contributed by atoms with Gasteiger partial charge in [0.2, 0.25) is 0 Å². The fourth-order valence-corrected chi connectivity index (χ4v) is 2.43. The van der Waals surface area contributed by atoms with E-state index in [0.29, 0.717) is 13.2 Å². The molecule has 0 aromatic heterocycles. The molecule has 0 fully saturated rings. The van der Waals surface area contributed by atoms with Gasteiger partial charge in [-0.15, -0.1) is 0 Å². The van der Waals surface area contributed by atoms with Crippen LogP contribution < -0.4 is 4.74 Å². The zero-order valence-corrected chi connectivity index (χ0v) is 15.6. The van der Waals surface area contributed by atoms with Crippen molar-refractivity contribution >= 4 is 8.32 Å². The van der Waals surface area contributed by atoms with Crippen molar-refractivity contribution in [3.05, 3.63) is 41.5 Å². The van der Waals surface area contributed by atoms with E-state index in [1.54, 1.807) is 0 Å². The molecule has 2 nitrogen and oxygen atoms in total. The Morgan fingerprint density at radius 2 is 1.67 bits per heavy atom. The van der Waals surface area contributed by atoms with Crippen LogP contribution in [0, 0.1) is 0 Å². The third-order valence-electron chi connectivity index (χ3n) is 4.07. The van der Waals surface area contributed by atoms with E-state index in [1.807, 2.05) is 12.1 Å². The van der Waals surface area contributed by atoms with E-state index < -0.39 is 8.32 Å². The lowest BCUT2D eigenvalue weighted by Gasteiger charge is -2.36. The first-order valence-electron chi connectivity index (χ1n) is 7.61. The first-order chi connectivity index (χ1) is 9.62. The molecule has 0 saturated carbocycles. The van der Waals surface area contributed by atoms with E-state index in [2.05, 4.69) is 65.9 Å². The van der Waals surface area contributed by atoms with Crippen LogP contribution in [-0.2, 0) is 11.0 Å². The third-order valence-corrected chi connectivity index (χ3v) is 8.55. The Labute approximate surface area is 131 Å². The van der Waals surface area contributed by atoms with Gasteiger partial charge in [-0.05, 0) is 55.8 Å². The minimum atomic E-state index is -1.67. The highest BCUT2D eigenvalue weighted by Gasteiger charge is 2.36. The van der Waals surface area contributed by atoms with E-state index >= 15 is 0 Å². The van der Waals surface area contributed by atoms with Crippen LogP contribution in [0.3, 0.4) is 0 Å². The molecule has 0 amide bonds. The van der Waals surface area contributed by atoms with Gasteiger partial charge < -0.3 is 9.16 Å². The molecule has 1 rings (SSSR count). The van der Waals surface area contributed by atoms with Crippen LogP contribution in [0.4, 0.5) is 0 Å². The maximum Gasteiger partial charge on any atom is 0.192 e. The predicted octanol–water partition coefficient (Wildman–Crippen LogP) is 5.55. The molecule has 0 aliphatic rings. The third kappa shape index (κ3) is 6.06. The van der Waals surface area contributed by atoms with E-state index in [0.717, 1.165) is 5.75 Å². The summed E-state index contributed by atoms with van der Waals surface area (Å²) in [6.45, 7) is 16.8. The van der Waals surface area contributed by atoms with Crippen LogP contribution in [-0.4, -0.2) is 14.9 Å². The molecule has 0 radical (unpaired) electrons. The number of rotatable bonds is 6. The minimum Gasteiger partial charge on any atom is -0.490 e. The monoisotopic (exact) mass is 306 g/mol. The van der Waals surface area contributed by atoms with Gasteiger partial charge in [-0.25, -0.2) is 0 Å². The molecule has 0 bridgehead atoms. The summed E-state index contributed by atoms with van der Waals surface area (Å²) in [5, 5.41) is 0.250. The van der Waals surface area contributed by atoms with Crippen LogP contribution in [0.2, 0.25) is 18.1 Å². The molecule has 0 heterocycles. The van der Waals surface area contributed by atoms with Crippen LogP contribution >= 0.6 is 0 Å². The molecule has 1 aromatic rings. The molecular weight excluding hydrogens is 276 g/mol. The average molecular weight is 307 g/mol. The Hall–Kier alpha value is -1.06. The predicted molar refractivity (Wildman–Crippen MR) is 93.4 cm³/mol. The Kier molecular flexibility index (Phi) is 6.23. The van der Waals surface area contributed by atoms with Crippen molar-refractivity contribution in [1.82, 2.24) is 0 Å². The van der Waals surface area contributed by atoms with E-state index in [9.17, 15) is 0 Å². The van der Waals surface area contributed by atoms with Gasteiger partial charge in [0.15, 0.2) is 8.32 Å². The smallest absolute Gasteiger partial charge is 0.192 e. The Balaban J connectivity index is 2.54. The van der Waals surface area contributed by atoms with Crippen molar-refractivity contribution in [1.29, 1.82) is 0 Å². The highest BCUT2D eigenvalue weighted by Crippen LogP contribution is 2.37. The number of ether oxygens (including phenoxy) is 1. The maximum absolute atomic E-state index is 6.22. The van der Waals surface area contributed by atoms with Crippen molar-refractivity contribution in [3.8, 4) is 5.75 Å². The molecule has 21 heavy (non-hydrogen) atoms. The van der Waals surface area contributed by atoms with Crippen LogP contribution in [0.25, 0.3) is 0 Å². The standard InChI is InChI=1S/C18H30O2Si/c1-15(2)12-13-19-17-10-8-16(9-11-17)14-20-21(6,7)18(3,4)5/h8-12H,13-14H2,1-7H3. The van der Waals surface area contributed by atoms with Crippen molar-refractivity contribution < 1.29 is 9.16 Å². The Bertz CT molecular complexity index is 463. The first-order valence-corrected chi connectivity index (χ1v) is 10.5. The summed E-state index contributed by atoms with van der Waals surface area (Å²) in [7, 11) is -1.67. The van der Waals surface area contributed by atoms with Gasteiger partial charge in [0.05, 0.1) is 6.61 Å². The zero-order chi connectivity index (χ0) is 16.1. The number of allylic oxidation sites excluding steroid dienone is 1. The summed E-state index contributed by atoms with van der Waals surface area (Å²) >= 11 is 0. The number of benzene rings is 1. The van der Waals surface area contributed by atoms with Crippen LogP contribution in [0.15, 0.2) is 35.9 Å². The van der Waals surface area contributed by atoms with Crippen molar-refractivity contribution in [2.24, 2.45) is 0 Å². The molecule has 0 aliphatic carbocycles. The van der Waals surface area contributed by atoms with Crippen molar-refractivity contribution in [2.75, 3.05) is 6.61 Å². The second-order valence-electron chi connectivity index (χ2n) is 7.29. The second-order valence-corrected chi connectivity index (χ2v) is 12.1. The normalized spacial score (nSPS) is 12.1. The Morgan fingerprint density at radius 1 is 1.10 bits per heavy atom. The van der Waals surface area contributed by atoms with E-state index in [4.69, 9.17) is 9.16 Å². The summed E-state index contributed by atoms with van der Waals surface area (Å²) in [4.78, 5) is 0. The average Bonchev–Trinajstić information content (AvgIpc) is 2.36. The summed E-state index contributed by atoms with van der Waals surface area (Å²) in [5.74, 6) is 0.906. The highest BCUT2D eigenvalue weighted by molar-refractivity contribution is 6.74. The molecule has 0 N–H and O–H groups in total. The molecule has 0 unspecified atom stereocenters. The molecule has 0 spiro atoms. The fraction of sp³-hybridized carbons (Fsp3) is 0.556. The van der Waals surface area contributed by atoms with Gasteiger partial charge in [-0.3, -0.25) is 0 Å². The zero-order valence-electron chi connectivity index (χ0n) is 14.6. The van der Waals surface area contributed by atoms with Gasteiger partial charge in [-0.2, -0.15) is 0 Å². The van der Waals surface area contributed by atoms with Gasteiger partial charge in [0, 0.05) is 0 Å². The maximum atomic E-state index is 6.22. The molecule has 118 valence electrons. The summed E-state index contributed by atoms with van der Waals surface area (Å²) in [5.41, 5.74) is 2.48. The fourth-order valence-electron chi connectivity index (χ4n) is 1.47. The lowest BCUT2D eigenvalue weighted by atomic mass is 10.2. The second kappa shape index (κ2) is 7.28. The topological polar surface area (TPSA) is 18.5 Å². The van der Waals surface area contributed by atoms with Crippen LogP contribution in [0.5, 0.6) is 5.75 Å². The lowest BCUT2D eigenvalue weighted by molar-refractivity contribution is 0.276. The van der Waals surface area contributed by atoms with Gasteiger partial charge >= 0.3 is 0 Å². The minimum absolute atomic E-state index is 0.250. The van der Waals surface area contributed by atoms with Crippen molar-refractivity contribution in [2.45, 2.75) is 59.4 Å². The van der Waals surface area contributed by atoms with Gasteiger partial charge in [-0.1, -0.05) is 38.5 Å². The summed E-state index contributed by atoms with van der Waals surface area (Å²) in [6, 6.07) is 8.21.